The number of hydrogen-bond donors (Lipinski definition) is 1. The standard InChI is InChI=1S/C22H32N6O3/c1-13(2)24-21(30)18-11-23-22(27(5)6)25-20(18)16-9-10-28(12-16)19(29)8-7-17-14(3)26-31-15(17)4/h11,13,16H,7-10,12H2,1-6H3,(H,24,30). The van der Waals surface area contributed by atoms with Gasteiger partial charge in [-0.2, -0.15) is 0 Å². The minimum Gasteiger partial charge on any atom is -0.361 e. The fraction of sp³-hybridized carbons (Fsp3) is 0.591. The van der Waals surface area contributed by atoms with E-state index >= 15 is 0 Å². The Hall–Kier alpha value is -2.97. The van der Waals surface area contributed by atoms with Crippen LogP contribution in [-0.2, 0) is 11.2 Å². The van der Waals surface area contributed by atoms with Gasteiger partial charge < -0.3 is 19.6 Å². The lowest BCUT2D eigenvalue weighted by Gasteiger charge is -2.20. The third-order valence-corrected chi connectivity index (χ3v) is 5.57. The van der Waals surface area contributed by atoms with Crippen LogP contribution in [0.1, 0.15) is 65.7 Å². The second-order valence-corrected chi connectivity index (χ2v) is 8.62. The van der Waals surface area contributed by atoms with Gasteiger partial charge >= 0.3 is 0 Å². The number of likely N-dealkylation sites (tertiary alicyclic amines) is 1. The topological polar surface area (TPSA) is 104 Å². The third kappa shape index (κ3) is 5.21. The van der Waals surface area contributed by atoms with Crippen molar-refractivity contribution in [1.82, 2.24) is 25.3 Å². The van der Waals surface area contributed by atoms with Crippen LogP contribution in [-0.4, -0.2) is 65.1 Å². The molecule has 31 heavy (non-hydrogen) atoms. The molecule has 2 aromatic heterocycles. The molecule has 1 saturated heterocycles. The lowest BCUT2D eigenvalue weighted by Crippen LogP contribution is -2.32. The molecule has 3 rings (SSSR count). The van der Waals surface area contributed by atoms with Gasteiger partial charge in [0.05, 0.1) is 17.0 Å². The van der Waals surface area contributed by atoms with Gasteiger partial charge in [0.25, 0.3) is 5.91 Å². The number of aryl methyl sites for hydroxylation is 2. The summed E-state index contributed by atoms with van der Waals surface area (Å²) in [6.45, 7) is 8.79. The van der Waals surface area contributed by atoms with E-state index in [2.05, 4.69) is 20.4 Å². The van der Waals surface area contributed by atoms with Gasteiger partial charge in [-0.25, -0.2) is 9.97 Å². The van der Waals surface area contributed by atoms with Crippen LogP contribution in [0.3, 0.4) is 0 Å². The minimum atomic E-state index is -0.182. The van der Waals surface area contributed by atoms with Gasteiger partial charge in [-0.15, -0.1) is 0 Å². The van der Waals surface area contributed by atoms with E-state index in [1.807, 2.05) is 51.6 Å². The molecular weight excluding hydrogens is 396 g/mol. The SMILES string of the molecule is Cc1noc(C)c1CCC(=O)N1CCC(c2nc(N(C)C)ncc2C(=O)NC(C)C)C1. The first-order chi connectivity index (χ1) is 14.7. The van der Waals surface area contributed by atoms with Crippen LogP contribution in [0.4, 0.5) is 5.95 Å². The van der Waals surface area contributed by atoms with Crippen LogP contribution in [0.5, 0.6) is 0 Å². The Morgan fingerprint density at radius 2 is 2.06 bits per heavy atom. The van der Waals surface area contributed by atoms with E-state index in [0.717, 1.165) is 23.4 Å². The fourth-order valence-electron chi connectivity index (χ4n) is 3.89. The monoisotopic (exact) mass is 428 g/mol. The van der Waals surface area contributed by atoms with Crippen molar-refractivity contribution in [2.45, 2.75) is 58.9 Å². The van der Waals surface area contributed by atoms with Crippen LogP contribution in [0.25, 0.3) is 0 Å². The number of aromatic nitrogens is 3. The second-order valence-electron chi connectivity index (χ2n) is 8.62. The Morgan fingerprint density at radius 3 is 2.68 bits per heavy atom. The summed E-state index contributed by atoms with van der Waals surface area (Å²) >= 11 is 0. The molecule has 9 heteroatoms. The molecule has 0 aliphatic carbocycles. The summed E-state index contributed by atoms with van der Waals surface area (Å²) in [5.41, 5.74) is 3.03. The molecule has 0 saturated carbocycles. The van der Waals surface area contributed by atoms with Gasteiger partial charge in [-0.1, -0.05) is 5.16 Å². The number of carbonyl (C=O) groups is 2. The summed E-state index contributed by atoms with van der Waals surface area (Å²) in [6.07, 6.45) is 3.38. The van der Waals surface area contributed by atoms with E-state index in [-0.39, 0.29) is 23.8 Å². The first-order valence-electron chi connectivity index (χ1n) is 10.7. The quantitative estimate of drug-likeness (QED) is 0.721. The number of amides is 2. The molecule has 1 fully saturated rings. The lowest BCUT2D eigenvalue weighted by atomic mass is 9.99. The lowest BCUT2D eigenvalue weighted by molar-refractivity contribution is -0.130. The molecule has 168 valence electrons. The maximum atomic E-state index is 12.8. The summed E-state index contributed by atoms with van der Waals surface area (Å²) in [4.78, 5) is 38.2. The highest BCUT2D eigenvalue weighted by Gasteiger charge is 2.32. The van der Waals surface area contributed by atoms with Crippen LogP contribution in [0, 0.1) is 13.8 Å². The molecule has 1 unspecified atom stereocenters. The van der Waals surface area contributed by atoms with Gasteiger partial charge in [-0.05, 0) is 40.5 Å². The largest absolute Gasteiger partial charge is 0.361 e. The molecule has 0 bridgehead atoms. The Kier molecular flexibility index (Phi) is 6.92. The Bertz CT molecular complexity index is 933. The molecule has 2 aromatic rings. The highest BCUT2D eigenvalue weighted by molar-refractivity contribution is 5.95. The highest BCUT2D eigenvalue weighted by atomic mass is 16.5. The predicted octanol–water partition coefficient (Wildman–Crippen LogP) is 2.23. The molecule has 1 atom stereocenters. The molecule has 1 aliphatic heterocycles. The highest BCUT2D eigenvalue weighted by Crippen LogP contribution is 2.30. The first-order valence-corrected chi connectivity index (χ1v) is 10.7. The average molecular weight is 429 g/mol. The van der Waals surface area contributed by atoms with E-state index in [9.17, 15) is 9.59 Å². The first kappa shape index (κ1) is 22.7. The summed E-state index contributed by atoms with van der Waals surface area (Å²) in [5.74, 6) is 1.23. The van der Waals surface area contributed by atoms with Crippen molar-refractivity contribution in [1.29, 1.82) is 0 Å². The number of hydrogen-bond acceptors (Lipinski definition) is 7. The normalized spacial score (nSPS) is 16.1. The van der Waals surface area contributed by atoms with Crippen molar-refractivity contribution in [2.75, 3.05) is 32.1 Å². The van der Waals surface area contributed by atoms with Crippen LogP contribution >= 0.6 is 0 Å². The molecule has 3 heterocycles. The van der Waals surface area contributed by atoms with E-state index in [4.69, 9.17) is 4.52 Å². The maximum Gasteiger partial charge on any atom is 0.254 e. The van der Waals surface area contributed by atoms with Gasteiger partial charge in [0.1, 0.15) is 5.76 Å². The molecular formula is C22H32N6O3. The molecule has 0 radical (unpaired) electrons. The van der Waals surface area contributed by atoms with Gasteiger partial charge in [0.2, 0.25) is 11.9 Å². The van der Waals surface area contributed by atoms with Crippen molar-refractivity contribution in [2.24, 2.45) is 0 Å². The van der Waals surface area contributed by atoms with E-state index < -0.39 is 0 Å². The van der Waals surface area contributed by atoms with E-state index in [1.165, 1.54) is 0 Å². The summed E-state index contributed by atoms with van der Waals surface area (Å²) in [6, 6.07) is 0.0138. The maximum absolute atomic E-state index is 12.8. The fourth-order valence-corrected chi connectivity index (χ4v) is 3.89. The Morgan fingerprint density at radius 1 is 1.32 bits per heavy atom. The van der Waals surface area contributed by atoms with Gasteiger partial charge in [0.15, 0.2) is 0 Å². The molecule has 0 spiro atoms. The van der Waals surface area contributed by atoms with Gasteiger partial charge in [0, 0.05) is 57.3 Å². The molecule has 1 N–H and O–H groups in total. The number of nitrogens with one attached hydrogen (secondary N) is 1. The number of rotatable bonds is 7. The van der Waals surface area contributed by atoms with Crippen molar-refractivity contribution < 1.29 is 14.1 Å². The number of nitrogens with zero attached hydrogens (tertiary/aromatic N) is 5. The molecule has 0 aromatic carbocycles. The van der Waals surface area contributed by atoms with Crippen molar-refractivity contribution in [3.05, 3.63) is 34.5 Å². The smallest absolute Gasteiger partial charge is 0.254 e. The third-order valence-electron chi connectivity index (χ3n) is 5.57. The van der Waals surface area contributed by atoms with E-state index in [0.29, 0.717) is 43.1 Å². The van der Waals surface area contributed by atoms with Crippen molar-refractivity contribution >= 4 is 17.8 Å². The summed E-state index contributed by atoms with van der Waals surface area (Å²) in [7, 11) is 3.73. The van der Waals surface area contributed by atoms with E-state index in [1.54, 1.807) is 6.20 Å². The van der Waals surface area contributed by atoms with Crippen LogP contribution < -0.4 is 10.2 Å². The van der Waals surface area contributed by atoms with Crippen LogP contribution in [0.2, 0.25) is 0 Å². The summed E-state index contributed by atoms with van der Waals surface area (Å²) < 4.78 is 5.19. The van der Waals surface area contributed by atoms with Crippen molar-refractivity contribution in [3.63, 3.8) is 0 Å². The molecule has 1 aliphatic rings. The Balaban J connectivity index is 1.73. The molecule has 2 amide bonds. The number of carbonyl (C=O) groups excluding carboxylic acids is 2. The number of anilines is 1. The Labute approximate surface area is 183 Å². The van der Waals surface area contributed by atoms with Crippen LogP contribution in [0.15, 0.2) is 10.7 Å². The second kappa shape index (κ2) is 9.45. The van der Waals surface area contributed by atoms with Crippen molar-refractivity contribution in [3.8, 4) is 0 Å². The predicted molar refractivity (Wildman–Crippen MR) is 117 cm³/mol. The average Bonchev–Trinajstić information content (AvgIpc) is 3.32. The minimum absolute atomic E-state index is 0.00220. The zero-order valence-corrected chi connectivity index (χ0v) is 19.2. The van der Waals surface area contributed by atoms with Gasteiger partial charge in [-0.3, -0.25) is 9.59 Å². The summed E-state index contributed by atoms with van der Waals surface area (Å²) in [5, 5.41) is 6.88. The molecule has 9 nitrogen and oxygen atoms in total. The zero-order chi connectivity index (χ0) is 22.7. The zero-order valence-electron chi connectivity index (χ0n) is 19.2.